The summed E-state index contributed by atoms with van der Waals surface area (Å²) in [5, 5.41) is 16.7. The second kappa shape index (κ2) is 10.7. The summed E-state index contributed by atoms with van der Waals surface area (Å²) in [7, 11) is 0. The summed E-state index contributed by atoms with van der Waals surface area (Å²) in [6, 6.07) is 0. The normalized spacial score (nSPS) is 11.8. The van der Waals surface area contributed by atoms with Gasteiger partial charge in [0.25, 0.3) is 0 Å². The van der Waals surface area contributed by atoms with Crippen molar-refractivity contribution in [2.45, 2.75) is 32.1 Å². The fourth-order valence-corrected chi connectivity index (χ4v) is 1.16. The van der Waals surface area contributed by atoms with E-state index in [0.29, 0.717) is 0 Å². The Bertz CT molecular complexity index is 313. The van der Waals surface area contributed by atoms with Gasteiger partial charge >= 0.3 is 11.9 Å². The molecule has 0 fully saturated rings. The van der Waals surface area contributed by atoms with E-state index in [9.17, 15) is 9.59 Å². The number of hydrogen-bond acceptors (Lipinski definition) is 2. The molecular formula is C13H18O4. The lowest BCUT2D eigenvalue weighted by atomic mass is 10.1. The average Bonchev–Trinajstić information content (AvgIpc) is 2.25. The Hall–Kier alpha value is -1.84. The van der Waals surface area contributed by atoms with Gasteiger partial charge in [-0.25, -0.2) is 4.79 Å². The molecule has 0 bridgehead atoms. The first-order chi connectivity index (χ1) is 8.13. The van der Waals surface area contributed by atoms with Gasteiger partial charge in [-0.2, -0.15) is 0 Å². The van der Waals surface area contributed by atoms with Crippen molar-refractivity contribution in [3.05, 3.63) is 36.5 Å². The van der Waals surface area contributed by atoms with Gasteiger partial charge < -0.3 is 10.2 Å². The molecule has 0 aromatic rings. The molecule has 0 radical (unpaired) electrons. The summed E-state index contributed by atoms with van der Waals surface area (Å²) >= 11 is 0. The average molecular weight is 238 g/mol. The van der Waals surface area contributed by atoms with E-state index in [0.717, 1.165) is 31.8 Å². The van der Waals surface area contributed by atoms with Gasteiger partial charge in [0.1, 0.15) is 0 Å². The molecule has 2 N–H and O–H groups in total. The molecule has 0 atom stereocenters. The summed E-state index contributed by atoms with van der Waals surface area (Å²) in [4.78, 5) is 20.3. The highest BCUT2D eigenvalue weighted by molar-refractivity contribution is 5.80. The van der Waals surface area contributed by atoms with Gasteiger partial charge in [-0.05, 0) is 19.3 Å². The van der Waals surface area contributed by atoms with Crippen LogP contribution in [0.4, 0.5) is 0 Å². The number of rotatable bonds is 9. The smallest absolute Gasteiger partial charge is 0.328 e. The third-order valence-electron chi connectivity index (χ3n) is 1.97. The highest BCUT2D eigenvalue weighted by Gasteiger charge is 1.94. The van der Waals surface area contributed by atoms with E-state index in [2.05, 4.69) is 0 Å². The van der Waals surface area contributed by atoms with Crippen LogP contribution in [-0.4, -0.2) is 22.2 Å². The summed E-state index contributed by atoms with van der Waals surface area (Å²) in [6.45, 7) is 0. The number of aliphatic carboxylic acids is 2. The van der Waals surface area contributed by atoms with E-state index in [4.69, 9.17) is 10.2 Å². The minimum atomic E-state index is -0.961. The molecule has 0 aliphatic carbocycles. The van der Waals surface area contributed by atoms with Gasteiger partial charge in [0.15, 0.2) is 0 Å². The molecule has 0 aromatic carbocycles. The van der Waals surface area contributed by atoms with E-state index in [-0.39, 0.29) is 6.42 Å². The zero-order valence-electron chi connectivity index (χ0n) is 9.71. The Morgan fingerprint density at radius 3 is 2.24 bits per heavy atom. The lowest BCUT2D eigenvalue weighted by molar-refractivity contribution is -0.137. The third-order valence-corrected chi connectivity index (χ3v) is 1.97. The van der Waals surface area contributed by atoms with Crippen molar-refractivity contribution in [2.75, 3.05) is 0 Å². The predicted molar refractivity (Wildman–Crippen MR) is 65.8 cm³/mol. The standard InChI is InChI=1S/C13H18O4/c14-12(15)10-8-6-4-2-1-3-5-7-9-11-13(16)17/h1-2,4,6,8,10H,3,5,7,9,11H2,(H,14,15)(H,16,17). The topological polar surface area (TPSA) is 74.6 Å². The fraction of sp³-hybridized carbons (Fsp3) is 0.385. The molecule has 4 heteroatoms. The SMILES string of the molecule is O=C(O)C=CC=CC=CCCCCCC(=O)O. The molecule has 0 saturated heterocycles. The quantitative estimate of drug-likeness (QED) is 0.368. The minimum Gasteiger partial charge on any atom is -0.481 e. The lowest BCUT2D eigenvalue weighted by Crippen LogP contribution is -1.93. The first kappa shape index (κ1) is 15.2. The molecule has 0 aromatic heterocycles. The van der Waals surface area contributed by atoms with Crippen LogP contribution in [-0.2, 0) is 9.59 Å². The van der Waals surface area contributed by atoms with Gasteiger partial charge in [0, 0.05) is 12.5 Å². The Kier molecular flexibility index (Phi) is 9.52. The summed E-state index contributed by atoms with van der Waals surface area (Å²) in [5.41, 5.74) is 0. The third kappa shape index (κ3) is 14.2. The Morgan fingerprint density at radius 1 is 0.882 bits per heavy atom. The highest BCUT2D eigenvalue weighted by Crippen LogP contribution is 2.03. The maximum atomic E-state index is 10.2. The molecule has 0 spiro atoms. The molecule has 0 unspecified atom stereocenters. The molecule has 0 aliphatic heterocycles. The monoisotopic (exact) mass is 238 g/mol. The van der Waals surface area contributed by atoms with Crippen LogP contribution in [0.5, 0.6) is 0 Å². The molecule has 0 aliphatic rings. The number of hydrogen-bond donors (Lipinski definition) is 2. The Balaban J connectivity index is 3.42. The molecular weight excluding hydrogens is 220 g/mol. The lowest BCUT2D eigenvalue weighted by Gasteiger charge is -1.94. The second-order valence-electron chi connectivity index (χ2n) is 3.50. The maximum Gasteiger partial charge on any atom is 0.328 e. The van der Waals surface area contributed by atoms with Gasteiger partial charge in [0.05, 0.1) is 0 Å². The van der Waals surface area contributed by atoms with Crippen molar-refractivity contribution in [2.24, 2.45) is 0 Å². The van der Waals surface area contributed by atoms with E-state index in [1.807, 2.05) is 12.2 Å². The first-order valence-corrected chi connectivity index (χ1v) is 5.57. The molecule has 0 saturated carbocycles. The van der Waals surface area contributed by atoms with Crippen molar-refractivity contribution < 1.29 is 19.8 Å². The number of allylic oxidation sites excluding steroid dienone is 5. The molecule has 94 valence electrons. The van der Waals surface area contributed by atoms with Crippen molar-refractivity contribution in [1.82, 2.24) is 0 Å². The molecule has 0 rings (SSSR count). The number of carboxylic acid groups (broad SMARTS) is 2. The van der Waals surface area contributed by atoms with Crippen LogP contribution in [0.25, 0.3) is 0 Å². The van der Waals surface area contributed by atoms with Crippen molar-refractivity contribution in [1.29, 1.82) is 0 Å². The highest BCUT2D eigenvalue weighted by atomic mass is 16.4. The van der Waals surface area contributed by atoms with E-state index in [1.54, 1.807) is 12.2 Å². The largest absolute Gasteiger partial charge is 0.481 e. The Morgan fingerprint density at radius 2 is 1.59 bits per heavy atom. The van der Waals surface area contributed by atoms with Crippen molar-refractivity contribution >= 4 is 11.9 Å². The molecule has 0 heterocycles. The van der Waals surface area contributed by atoms with Crippen LogP contribution in [0.15, 0.2) is 36.5 Å². The minimum absolute atomic E-state index is 0.240. The van der Waals surface area contributed by atoms with E-state index < -0.39 is 11.9 Å². The van der Waals surface area contributed by atoms with Gasteiger partial charge in [0.2, 0.25) is 0 Å². The van der Waals surface area contributed by atoms with Crippen molar-refractivity contribution in [3.8, 4) is 0 Å². The molecule has 17 heavy (non-hydrogen) atoms. The maximum absolute atomic E-state index is 10.2. The van der Waals surface area contributed by atoms with Crippen molar-refractivity contribution in [3.63, 3.8) is 0 Å². The zero-order valence-corrected chi connectivity index (χ0v) is 9.71. The summed E-state index contributed by atoms with van der Waals surface area (Å²) < 4.78 is 0. The number of carboxylic acids is 2. The van der Waals surface area contributed by atoms with Crippen LogP contribution in [0.3, 0.4) is 0 Å². The summed E-state index contributed by atoms with van der Waals surface area (Å²) in [5.74, 6) is -1.70. The van der Waals surface area contributed by atoms with Gasteiger partial charge in [-0.1, -0.05) is 36.8 Å². The zero-order chi connectivity index (χ0) is 12.9. The number of unbranched alkanes of at least 4 members (excludes halogenated alkanes) is 3. The van der Waals surface area contributed by atoms with Crippen LogP contribution >= 0.6 is 0 Å². The molecule has 4 nitrogen and oxygen atoms in total. The van der Waals surface area contributed by atoms with Crippen LogP contribution in [0.1, 0.15) is 32.1 Å². The summed E-state index contributed by atoms with van der Waals surface area (Å²) in [6.07, 6.45) is 13.5. The van der Waals surface area contributed by atoms with Crippen LogP contribution in [0.2, 0.25) is 0 Å². The second-order valence-corrected chi connectivity index (χ2v) is 3.50. The first-order valence-electron chi connectivity index (χ1n) is 5.57. The van der Waals surface area contributed by atoms with E-state index in [1.165, 1.54) is 6.08 Å². The van der Waals surface area contributed by atoms with E-state index >= 15 is 0 Å². The fourth-order valence-electron chi connectivity index (χ4n) is 1.16. The molecule has 0 amide bonds. The number of carbonyl (C=O) groups is 2. The Labute approximate surface area is 101 Å². The van der Waals surface area contributed by atoms with Gasteiger partial charge in [-0.3, -0.25) is 4.79 Å². The van der Waals surface area contributed by atoms with Gasteiger partial charge in [-0.15, -0.1) is 0 Å². The predicted octanol–water partition coefficient (Wildman–Crippen LogP) is 2.77. The van der Waals surface area contributed by atoms with Crippen LogP contribution in [0, 0.1) is 0 Å². The van der Waals surface area contributed by atoms with Crippen LogP contribution < -0.4 is 0 Å².